The fourth-order valence-electron chi connectivity index (χ4n) is 4.70. The van der Waals surface area contributed by atoms with E-state index in [1.54, 1.807) is 6.07 Å². The number of hydrogen-bond acceptors (Lipinski definition) is 9. The van der Waals surface area contributed by atoms with Gasteiger partial charge < -0.3 is 34.4 Å². The van der Waals surface area contributed by atoms with E-state index in [2.05, 4.69) is 25.4 Å². The fraction of sp³-hybridized carbons (Fsp3) is 0.591. The predicted octanol–water partition coefficient (Wildman–Crippen LogP) is 1.89. The molecule has 0 amide bonds. The molecular weight excluding hydrogens is 464 g/mol. The summed E-state index contributed by atoms with van der Waals surface area (Å²) in [6, 6.07) is 4.04. The molecule has 0 saturated carbocycles. The van der Waals surface area contributed by atoms with E-state index in [0.717, 1.165) is 31.7 Å². The third kappa shape index (κ3) is 4.46. The molecule has 3 N–H and O–H groups in total. The van der Waals surface area contributed by atoms with Crippen molar-refractivity contribution in [1.82, 2.24) is 24.7 Å². The minimum atomic E-state index is -0.629. The van der Waals surface area contributed by atoms with Crippen LogP contribution in [0.25, 0.3) is 11.2 Å². The molecule has 0 aliphatic carbocycles. The van der Waals surface area contributed by atoms with Gasteiger partial charge in [0.15, 0.2) is 11.8 Å². The molecule has 6 heterocycles. The summed E-state index contributed by atoms with van der Waals surface area (Å²) in [5, 5.41) is 18.2. The number of pyridine rings is 1. The van der Waals surface area contributed by atoms with E-state index >= 15 is 0 Å². The smallest absolute Gasteiger partial charge is 0.296 e. The highest BCUT2D eigenvalue weighted by Crippen LogP contribution is 2.31. The molecular formula is C22H27ClN6O5. The van der Waals surface area contributed by atoms with Crippen LogP contribution in [0.2, 0.25) is 5.02 Å². The summed E-state index contributed by atoms with van der Waals surface area (Å²) in [6.07, 6.45) is 3.95. The monoisotopic (exact) mass is 490 g/mol. The van der Waals surface area contributed by atoms with E-state index < -0.39 is 6.10 Å². The summed E-state index contributed by atoms with van der Waals surface area (Å²) in [4.78, 5) is 12.1. The Morgan fingerprint density at radius 1 is 1.21 bits per heavy atom. The number of anilines is 1. The molecule has 3 aromatic rings. The van der Waals surface area contributed by atoms with Gasteiger partial charge in [0.2, 0.25) is 0 Å². The second kappa shape index (κ2) is 9.31. The summed E-state index contributed by atoms with van der Waals surface area (Å²) in [6.45, 7) is 2.64. The zero-order chi connectivity index (χ0) is 23.1. The molecule has 6 rings (SSSR count). The minimum Gasteiger partial charge on any atom is -0.456 e. The lowest BCUT2D eigenvalue weighted by Crippen LogP contribution is -2.34. The maximum absolute atomic E-state index is 9.89. The van der Waals surface area contributed by atoms with Gasteiger partial charge in [-0.3, -0.25) is 4.68 Å². The van der Waals surface area contributed by atoms with Gasteiger partial charge in [-0.1, -0.05) is 11.6 Å². The van der Waals surface area contributed by atoms with Crippen LogP contribution in [0, 0.1) is 0 Å². The topological polar surface area (TPSA) is 129 Å². The first kappa shape index (κ1) is 22.1. The lowest BCUT2D eigenvalue weighted by molar-refractivity contribution is 0.00394. The van der Waals surface area contributed by atoms with Gasteiger partial charge in [0.1, 0.15) is 24.1 Å². The number of aromatic nitrogens is 5. The van der Waals surface area contributed by atoms with Crippen molar-refractivity contribution < 1.29 is 24.1 Å². The number of H-pyrrole nitrogens is 1. The minimum absolute atomic E-state index is 0.232. The van der Waals surface area contributed by atoms with Crippen LogP contribution in [0.1, 0.15) is 25.0 Å². The molecule has 34 heavy (non-hydrogen) atoms. The van der Waals surface area contributed by atoms with Crippen molar-refractivity contribution in [3.63, 3.8) is 0 Å². The summed E-state index contributed by atoms with van der Waals surface area (Å²) in [7, 11) is 0. The first-order valence-electron chi connectivity index (χ1n) is 11.6. The number of aliphatic hydroxyl groups is 1. The molecule has 182 valence electrons. The van der Waals surface area contributed by atoms with Crippen LogP contribution in [-0.4, -0.2) is 80.2 Å². The Bertz CT molecular complexity index is 1150. The molecule has 3 fully saturated rings. The molecule has 0 radical (unpaired) electrons. The first-order chi connectivity index (χ1) is 16.6. The van der Waals surface area contributed by atoms with Crippen molar-refractivity contribution in [3.05, 3.63) is 29.0 Å². The number of fused-ring (bicyclic) bond motifs is 2. The standard InChI is InChI=1S/C22H27ClN6O5/c23-14-7-15-21(27-22(25-15)34-17-11-33-18-16(30)10-32-19(17)18)26-20(14)24-8-12-4-5-29(28-12)9-13-3-1-2-6-31-13/h4-5,7,13,16-19,30H,1-3,6,8-11H2,(H2,24,25,26,27)/t13?,16-,17-,18-,19-/m1/s1. The Morgan fingerprint density at radius 3 is 3.00 bits per heavy atom. The van der Waals surface area contributed by atoms with E-state index in [1.807, 2.05) is 16.9 Å². The zero-order valence-electron chi connectivity index (χ0n) is 18.5. The van der Waals surface area contributed by atoms with E-state index in [0.29, 0.717) is 41.2 Å². The summed E-state index contributed by atoms with van der Waals surface area (Å²) >= 11 is 6.45. The lowest BCUT2D eigenvalue weighted by atomic mass is 10.1. The van der Waals surface area contributed by atoms with E-state index in [4.69, 9.17) is 30.5 Å². The van der Waals surface area contributed by atoms with Crippen molar-refractivity contribution in [2.45, 2.75) is 62.9 Å². The molecule has 0 bridgehead atoms. The highest BCUT2D eigenvalue weighted by atomic mass is 35.5. The second-order valence-corrected chi connectivity index (χ2v) is 9.33. The maximum atomic E-state index is 9.89. The average molecular weight is 491 g/mol. The SMILES string of the molecule is O[C@@H]1CO[C@H]2[C@@H]1OC[C@H]2Oc1nc2nc(NCc3ccn(CC4CCCCO4)n3)c(Cl)cc2[nH]1. The van der Waals surface area contributed by atoms with Crippen LogP contribution in [-0.2, 0) is 27.3 Å². The third-order valence-electron chi connectivity index (χ3n) is 6.45. The Balaban J connectivity index is 1.09. The molecule has 0 spiro atoms. The third-order valence-corrected chi connectivity index (χ3v) is 6.74. The van der Waals surface area contributed by atoms with Crippen LogP contribution in [0.4, 0.5) is 5.82 Å². The Kier molecular flexibility index (Phi) is 6.04. The van der Waals surface area contributed by atoms with Crippen LogP contribution >= 0.6 is 11.6 Å². The van der Waals surface area contributed by atoms with E-state index in [1.165, 1.54) is 6.42 Å². The normalized spacial score (nSPS) is 28.9. The Morgan fingerprint density at radius 2 is 2.12 bits per heavy atom. The first-order valence-corrected chi connectivity index (χ1v) is 12.0. The summed E-state index contributed by atoms with van der Waals surface area (Å²) < 4.78 is 24.9. The van der Waals surface area contributed by atoms with Gasteiger partial charge in [0, 0.05) is 12.8 Å². The van der Waals surface area contributed by atoms with Crippen molar-refractivity contribution >= 4 is 28.6 Å². The maximum Gasteiger partial charge on any atom is 0.296 e. The highest BCUT2D eigenvalue weighted by molar-refractivity contribution is 6.33. The molecule has 3 aliphatic heterocycles. The van der Waals surface area contributed by atoms with E-state index in [9.17, 15) is 5.11 Å². The van der Waals surface area contributed by atoms with Crippen LogP contribution in [0.5, 0.6) is 6.01 Å². The van der Waals surface area contributed by atoms with Crippen LogP contribution in [0.15, 0.2) is 18.3 Å². The van der Waals surface area contributed by atoms with Gasteiger partial charge in [0.05, 0.1) is 48.6 Å². The average Bonchev–Trinajstić information content (AvgIpc) is 3.60. The predicted molar refractivity (Wildman–Crippen MR) is 122 cm³/mol. The zero-order valence-corrected chi connectivity index (χ0v) is 19.3. The number of ether oxygens (including phenoxy) is 4. The van der Waals surface area contributed by atoms with Gasteiger partial charge in [-0.05, 0) is 31.4 Å². The molecule has 3 aromatic heterocycles. The number of imidazole rings is 1. The largest absolute Gasteiger partial charge is 0.456 e. The molecule has 3 saturated heterocycles. The van der Waals surface area contributed by atoms with Gasteiger partial charge >= 0.3 is 0 Å². The molecule has 3 aliphatic rings. The van der Waals surface area contributed by atoms with E-state index in [-0.39, 0.29) is 31.0 Å². The number of hydrogen-bond donors (Lipinski definition) is 3. The number of nitrogens with zero attached hydrogens (tertiary/aromatic N) is 4. The second-order valence-electron chi connectivity index (χ2n) is 8.92. The quantitative estimate of drug-likeness (QED) is 0.454. The number of aliphatic hydroxyl groups excluding tert-OH is 1. The summed E-state index contributed by atoms with van der Waals surface area (Å²) in [5.74, 6) is 0.517. The molecule has 1 unspecified atom stereocenters. The molecule has 0 aromatic carbocycles. The van der Waals surface area contributed by atoms with Gasteiger partial charge in [-0.2, -0.15) is 10.1 Å². The fourth-order valence-corrected chi connectivity index (χ4v) is 4.92. The number of halogens is 1. The Labute approximate surface area is 200 Å². The molecule has 12 heteroatoms. The highest BCUT2D eigenvalue weighted by Gasteiger charge is 2.48. The number of rotatable bonds is 7. The van der Waals surface area contributed by atoms with Gasteiger partial charge in [-0.15, -0.1) is 0 Å². The van der Waals surface area contributed by atoms with Crippen molar-refractivity contribution in [2.24, 2.45) is 0 Å². The molecule has 11 nitrogen and oxygen atoms in total. The van der Waals surface area contributed by atoms with Crippen LogP contribution < -0.4 is 10.1 Å². The number of aromatic amines is 1. The van der Waals surface area contributed by atoms with Crippen LogP contribution in [0.3, 0.4) is 0 Å². The Hall–Kier alpha value is -2.44. The van der Waals surface area contributed by atoms with Crippen molar-refractivity contribution in [2.75, 3.05) is 25.1 Å². The molecule has 5 atom stereocenters. The van der Waals surface area contributed by atoms with Gasteiger partial charge in [-0.25, -0.2) is 4.98 Å². The van der Waals surface area contributed by atoms with Crippen molar-refractivity contribution in [1.29, 1.82) is 0 Å². The summed E-state index contributed by atoms with van der Waals surface area (Å²) in [5.41, 5.74) is 2.02. The number of nitrogens with one attached hydrogen (secondary N) is 2. The van der Waals surface area contributed by atoms with Gasteiger partial charge in [0.25, 0.3) is 6.01 Å². The lowest BCUT2D eigenvalue weighted by Gasteiger charge is -2.22. The van der Waals surface area contributed by atoms with Crippen molar-refractivity contribution in [3.8, 4) is 6.01 Å².